The fourth-order valence-corrected chi connectivity index (χ4v) is 3.04. The number of methoxy groups -OCH3 is 1. The quantitative estimate of drug-likeness (QED) is 0.866. The third kappa shape index (κ3) is 3.86. The van der Waals surface area contributed by atoms with Crippen LogP contribution in [0.5, 0.6) is 11.5 Å². The largest absolute Gasteiger partial charge is 0.493 e. The fraction of sp³-hybridized carbons (Fsp3) is 0.600. The lowest BCUT2D eigenvalue weighted by molar-refractivity contribution is 0.198. The van der Waals surface area contributed by atoms with E-state index in [2.05, 4.69) is 22.0 Å². The third-order valence-corrected chi connectivity index (χ3v) is 4.01. The Bertz CT molecular complexity index is 417. The predicted molar refractivity (Wildman–Crippen MR) is 81.0 cm³/mol. The second kappa shape index (κ2) is 7.15. The molecule has 0 atom stereocenters. The van der Waals surface area contributed by atoms with Gasteiger partial charge >= 0.3 is 0 Å². The van der Waals surface area contributed by atoms with E-state index in [1.807, 2.05) is 6.07 Å². The molecule has 0 amide bonds. The molecular weight excluding hydrogens is 306 g/mol. The predicted octanol–water partition coefficient (Wildman–Crippen LogP) is 3.67. The minimum absolute atomic E-state index is 0.340. The van der Waals surface area contributed by atoms with Crippen LogP contribution in [-0.2, 0) is 6.42 Å². The van der Waals surface area contributed by atoms with Crippen molar-refractivity contribution in [3.63, 3.8) is 0 Å². The van der Waals surface area contributed by atoms with E-state index in [1.54, 1.807) is 7.11 Å². The molecule has 2 rings (SSSR count). The minimum Gasteiger partial charge on any atom is -0.493 e. The van der Waals surface area contributed by atoms with E-state index in [0.29, 0.717) is 12.6 Å². The molecule has 4 heteroatoms. The maximum atomic E-state index is 6.19. The first-order valence-corrected chi connectivity index (χ1v) is 7.77. The zero-order valence-electron chi connectivity index (χ0n) is 11.5. The summed E-state index contributed by atoms with van der Waals surface area (Å²) in [5, 5.41) is 0. The average molecular weight is 328 g/mol. The summed E-state index contributed by atoms with van der Waals surface area (Å²) in [6.07, 6.45) is 7.05. The summed E-state index contributed by atoms with van der Waals surface area (Å²) >= 11 is 3.53. The normalized spacial score (nSPS) is 15.7. The molecule has 19 heavy (non-hydrogen) atoms. The highest BCUT2D eigenvalue weighted by atomic mass is 79.9. The number of benzene rings is 1. The molecule has 2 N–H and O–H groups in total. The summed E-state index contributed by atoms with van der Waals surface area (Å²) in [5.41, 5.74) is 6.80. The van der Waals surface area contributed by atoms with Gasteiger partial charge in [0.2, 0.25) is 0 Å². The molecule has 0 aromatic heterocycles. The molecule has 0 bridgehead atoms. The van der Waals surface area contributed by atoms with Gasteiger partial charge < -0.3 is 15.2 Å². The zero-order chi connectivity index (χ0) is 13.7. The molecule has 0 unspecified atom stereocenters. The molecule has 3 nitrogen and oxygen atoms in total. The summed E-state index contributed by atoms with van der Waals surface area (Å²) in [6, 6.07) is 4.08. The van der Waals surface area contributed by atoms with Gasteiger partial charge in [-0.2, -0.15) is 0 Å². The van der Waals surface area contributed by atoms with Crippen LogP contribution in [0.25, 0.3) is 0 Å². The number of nitrogens with two attached hydrogens (primary N) is 1. The number of hydrogen-bond donors (Lipinski definition) is 1. The number of rotatable bonds is 6. The first kappa shape index (κ1) is 14.7. The Morgan fingerprint density at radius 2 is 2.05 bits per heavy atom. The third-order valence-electron chi connectivity index (χ3n) is 3.55. The second-order valence-electron chi connectivity index (χ2n) is 5.01. The lowest BCUT2D eigenvalue weighted by Crippen LogP contribution is -2.13. The summed E-state index contributed by atoms with van der Waals surface area (Å²) in [4.78, 5) is 0. The molecule has 0 heterocycles. The summed E-state index contributed by atoms with van der Waals surface area (Å²) in [7, 11) is 1.69. The van der Waals surface area contributed by atoms with Crippen LogP contribution < -0.4 is 15.2 Å². The lowest BCUT2D eigenvalue weighted by Gasteiger charge is -2.19. The topological polar surface area (TPSA) is 44.5 Å². The summed E-state index contributed by atoms with van der Waals surface area (Å²) in [5.74, 6) is 1.72. The van der Waals surface area contributed by atoms with Crippen molar-refractivity contribution in [2.24, 2.45) is 5.73 Å². The Labute approximate surface area is 123 Å². The van der Waals surface area contributed by atoms with Crippen LogP contribution in [0, 0.1) is 0 Å². The number of hydrogen-bond acceptors (Lipinski definition) is 3. The van der Waals surface area contributed by atoms with E-state index in [4.69, 9.17) is 15.2 Å². The second-order valence-corrected chi connectivity index (χ2v) is 5.93. The maximum Gasteiger partial charge on any atom is 0.164 e. The van der Waals surface area contributed by atoms with E-state index >= 15 is 0 Å². The lowest BCUT2D eigenvalue weighted by atomic mass is 10.1. The van der Waals surface area contributed by atoms with E-state index < -0.39 is 0 Å². The SMILES string of the molecule is COc1cc(Br)cc(CCCN)c1OC1CCCC1. The van der Waals surface area contributed by atoms with Crippen LogP contribution in [0.15, 0.2) is 16.6 Å². The van der Waals surface area contributed by atoms with E-state index in [0.717, 1.165) is 41.7 Å². The van der Waals surface area contributed by atoms with Crippen LogP contribution in [0.2, 0.25) is 0 Å². The number of halogens is 1. The van der Waals surface area contributed by atoms with Crippen molar-refractivity contribution in [1.82, 2.24) is 0 Å². The van der Waals surface area contributed by atoms with Crippen molar-refractivity contribution in [2.45, 2.75) is 44.6 Å². The molecule has 1 aromatic rings. The molecule has 1 aliphatic carbocycles. The molecule has 1 saturated carbocycles. The van der Waals surface area contributed by atoms with Gasteiger partial charge in [0.15, 0.2) is 11.5 Å². The van der Waals surface area contributed by atoms with E-state index in [9.17, 15) is 0 Å². The smallest absolute Gasteiger partial charge is 0.164 e. The molecule has 0 radical (unpaired) electrons. The van der Waals surface area contributed by atoms with Gasteiger partial charge in [0, 0.05) is 4.47 Å². The molecule has 1 aliphatic rings. The van der Waals surface area contributed by atoms with Gasteiger partial charge in [0.1, 0.15) is 0 Å². The van der Waals surface area contributed by atoms with E-state index in [-0.39, 0.29) is 0 Å². The number of aryl methyl sites for hydroxylation is 1. The van der Waals surface area contributed by atoms with Crippen molar-refractivity contribution in [1.29, 1.82) is 0 Å². The Hall–Kier alpha value is -0.740. The maximum absolute atomic E-state index is 6.19. The van der Waals surface area contributed by atoms with Crippen molar-refractivity contribution < 1.29 is 9.47 Å². The Kier molecular flexibility index (Phi) is 5.52. The van der Waals surface area contributed by atoms with Crippen LogP contribution >= 0.6 is 15.9 Å². The van der Waals surface area contributed by atoms with Crippen LogP contribution in [0.4, 0.5) is 0 Å². The van der Waals surface area contributed by atoms with Crippen LogP contribution in [-0.4, -0.2) is 19.8 Å². The highest BCUT2D eigenvalue weighted by molar-refractivity contribution is 9.10. The molecule has 0 spiro atoms. The highest BCUT2D eigenvalue weighted by Gasteiger charge is 2.21. The van der Waals surface area contributed by atoms with Crippen LogP contribution in [0.1, 0.15) is 37.7 Å². The van der Waals surface area contributed by atoms with E-state index in [1.165, 1.54) is 18.4 Å². The Morgan fingerprint density at radius 1 is 1.32 bits per heavy atom. The first-order chi connectivity index (χ1) is 9.24. The zero-order valence-corrected chi connectivity index (χ0v) is 13.0. The molecule has 106 valence electrons. The van der Waals surface area contributed by atoms with Gasteiger partial charge in [-0.05, 0) is 62.8 Å². The Morgan fingerprint density at radius 3 is 2.68 bits per heavy atom. The monoisotopic (exact) mass is 327 g/mol. The van der Waals surface area contributed by atoms with Crippen molar-refractivity contribution >= 4 is 15.9 Å². The van der Waals surface area contributed by atoms with Gasteiger partial charge in [-0.1, -0.05) is 15.9 Å². The molecule has 0 aliphatic heterocycles. The fourth-order valence-electron chi connectivity index (χ4n) is 2.56. The standard InChI is InChI=1S/C15H22BrNO2/c1-18-14-10-12(16)9-11(5-4-8-17)15(14)19-13-6-2-3-7-13/h9-10,13H,2-8,17H2,1H3. The van der Waals surface area contributed by atoms with Gasteiger partial charge in [-0.3, -0.25) is 0 Å². The average Bonchev–Trinajstić information content (AvgIpc) is 2.91. The minimum atomic E-state index is 0.340. The van der Waals surface area contributed by atoms with Crippen molar-refractivity contribution in [3.8, 4) is 11.5 Å². The van der Waals surface area contributed by atoms with Crippen molar-refractivity contribution in [3.05, 3.63) is 22.2 Å². The molecular formula is C15H22BrNO2. The molecule has 0 saturated heterocycles. The van der Waals surface area contributed by atoms with Gasteiger partial charge in [-0.25, -0.2) is 0 Å². The summed E-state index contributed by atoms with van der Waals surface area (Å²) in [6.45, 7) is 0.692. The van der Waals surface area contributed by atoms with Gasteiger partial charge in [-0.15, -0.1) is 0 Å². The number of ether oxygens (including phenoxy) is 2. The molecule has 1 aromatic carbocycles. The van der Waals surface area contributed by atoms with Gasteiger partial charge in [0.05, 0.1) is 13.2 Å². The first-order valence-electron chi connectivity index (χ1n) is 6.97. The Balaban J connectivity index is 2.24. The highest BCUT2D eigenvalue weighted by Crippen LogP contribution is 2.38. The van der Waals surface area contributed by atoms with Gasteiger partial charge in [0.25, 0.3) is 0 Å². The summed E-state index contributed by atoms with van der Waals surface area (Å²) < 4.78 is 12.7. The van der Waals surface area contributed by atoms with Crippen LogP contribution in [0.3, 0.4) is 0 Å². The van der Waals surface area contributed by atoms with Crippen molar-refractivity contribution in [2.75, 3.05) is 13.7 Å². The molecule has 1 fully saturated rings.